The first-order chi connectivity index (χ1) is 16.1. The first-order valence-corrected chi connectivity index (χ1v) is 10.5. The number of ether oxygens (including phenoxy) is 3. The third-order valence-electron chi connectivity index (χ3n) is 5.24. The van der Waals surface area contributed by atoms with Crippen LogP contribution in [0.15, 0.2) is 79.3 Å². The topological polar surface area (TPSA) is 79.5 Å². The van der Waals surface area contributed by atoms with Gasteiger partial charge in [-0.1, -0.05) is 18.2 Å². The zero-order valence-electron chi connectivity index (χ0n) is 18.8. The summed E-state index contributed by atoms with van der Waals surface area (Å²) in [6, 6.07) is 18.9. The second-order valence-electron chi connectivity index (χ2n) is 7.38. The molecule has 0 saturated heterocycles. The molecular weight excluding hydrogens is 420 g/mol. The van der Waals surface area contributed by atoms with E-state index in [0.29, 0.717) is 22.9 Å². The molecule has 8 nitrogen and oxygen atoms in total. The van der Waals surface area contributed by atoms with Crippen molar-refractivity contribution in [2.24, 2.45) is 0 Å². The van der Waals surface area contributed by atoms with E-state index in [0.717, 1.165) is 11.3 Å². The van der Waals surface area contributed by atoms with Gasteiger partial charge in [-0.3, -0.25) is 4.79 Å². The summed E-state index contributed by atoms with van der Waals surface area (Å²) in [6.45, 7) is 2.04. The Morgan fingerprint density at radius 3 is 2.24 bits per heavy atom. The van der Waals surface area contributed by atoms with Gasteiger partial charge in [-0.25, -0.2) is 4.68 Å². The van der Waals surface area contributed by atoms with E-state index in [-0.39, 0.29) is 18.7 Å². The van der Waals surface area contributed by atoms with Crippen molar-refractivity contribution in [3.8, 4) is 22.9 Å². The number of amides is 1. The Morgan fingerprint density at radius 1 is 0.939 bits per heavy atom. The Bertz CT molecular complexity index is 1180. The van der Waals surface area contributed by atoms with Crippen LogP contribution in [0.5, 0.6) is 17.2 Å². The average Bonchev–Trinajstić information content (AvgIpc) is 3.55. The third-order valence-corrected chi connectivity index (χ3v) is 5.24. The number of carbonyl (C=O) groups excluding carboxylic acids is 1. The molecule has 170 valence electrons. The summed E-state index contributed by atoms with van der Waals surface area (Å²) < 4.78 is 20.1. The maximum absolute atomic E-state index is 12.7. The van der Waals surface area contributed by atoms with Crippen LogP contribution in [-0.2, 0) is 6.73 Å². The number of methoxy groups -OCH3 is 2. The van der Waals surface area contributed by atoms with Crippen molar-refractivity contribution < 1.29 is 19.0 Å². The smallest absolute Gasteiger partial charge is 0.272 e. The minimum Gasteiger partial charge on any atom is -0.493 e. The Labute approximate surface area is 192 Å². The molecule has 1 atom stereocenters. The molecular formula is C25H26N4O4. The van der Waals surface area contributed by atoms with Crippen molar-refractivity contribution in [2.45, 2.75) is 19.7 Å². The lowest BCUT2D eigenvalue weighted by atomic mass is 10.1. The Hall–Kier alpha value is -4.20. The number of hydrogen-bond donors (Lipinski definition) is 1. The lowest BCUT2D eigenvalue weighted by Crippen LogP contribution is -2.27. The van der Waals surface area contributed by atoms with E-state index in [1.165, 1.54) is 4.68 Å². The summed E-state index contributed by atoms with van der Waals surface area (Å²) >= 11 is 0. The number of carbonyl (C=O) groups is 1. The highest BCUT2D eigenvalue weighted by Gasteiger charge is 2.15. The lowest BCUT2D eigenvalue weighted by molar-refractivity contribution is 0.0932. The van der Waals surface area contributed by atoms with E-state index in [2.05, 4.69) is 10.4 Å². The fraction of sp³-hybridized carbons (Fsp3) is 0.200. The van der Waals surface area contributed by atoms with Crippen LogP contribution in [0, 0.1) is 0 Å². The summed E-state index contributed by atoms with van der Waals surface area (Å²) in [5.41, 5.74) is 2.37. The van der Waals surface area contributed by atoms with Crippen LogP contribution in [0.25, 0.3) is 5.69 Å². The minimum absolute atomic E-state index is 0.0976. The summed E-state index contributed by atoms with van der Waals surface area (Å²) in [7, 11) is 3.13. The van der Waals surface area contributed by atoms with E-state index < -0.39 is 0 Å². The molecule has 0 bridgehead atoms. The Balaban J connectivity index is 1.37. The number of aromatic nitrogens is 3. The van der Waals surface area contributed by atoms with Gasteiger partial charge in [0.1, 0.15) is 5.69 Å². The van der Waals surface area contributed by atoms with Crippen LogP contribution in [0.3, 0.4) is 0 Å². The van der Waals surface area contributed by atoms with Gasteiger partial charge in [-0.2, -0.15) is 5.10 Å². The average molecular weight is 447 g/mol. The summed E-state index contributed by atoms with van der Waals surface area (Å²) in [5.74, 6) is 1.32. The number of nitrogens with one attached hydrogen (secondary N) is 1. The van der Waals surface area contributed by atoms with Crippen molar-refractivity contribution >= 4 is 5.91 Å². The van der Waals surface area contributed by atoms with Crippen LogP contribution in [0.4, 0.5) is 0 Å². The van der Waals surface area contributed by atoms with E-state index >= 15 is 0 Å². The molecule has 1 amide bonds. The molecule has 2 aromatic carbocycles. The van der Waals surface area contributed by atoms with Gasteiger partial charge >= 0.3 is 0 Å². The molecule has 4 rings (SSSR count). The van der Waals surface area contributed by atoms with Crippen LogP contribution >= 0.6 is 0 Å². The molecule has 0 aliphatic carbocycles. The van der Waals surface area contributed by atoms with Crippen molar-refractivity contribution in [1.29, 1.82) is 0 Å². The number of rotatable bonds is 9. The zero-order valence-corrected chi connectivity index (χ0v) is 18.8. The SMILES string of the molecule is COc1cccc(OC)c1OCn1ccc(C(=O)NC(C)c2ccc(-n3cccc3)cc2)n1. The summed E-state index contributed by atoms with van der Waals surface area (Å²) in [5, 5.41) is 7.31. The quantitative estimate of drug-likeness (QED) is 0.417. The fourth-order valence-electron chi connectivity index (χ4n) is 3.44. The molecule has 0 saturated carbocycles. The molecule has 33 heavy (non-hydrogen) atoms. The fourth-order valence-corrected chi connectivity index (χ4v) is 3.44. The molecule has 1 unspecified atom stereocenters. The molecule has 2 heterocycles. The van der Waals surface area contributed by atoms with Gasteiger partial charge < -0.3 is 24.1 Å². The van der Waals surface area contributed by atoms with Crippen LogP contribution < -0.4 is 19.5 Å². The van der Waals surface area contributed by atoms with Gasteiger partial charge in [-0.15, -0.1) is 0 Å². The van der Waals surface area contributed by atoms with E-state index in [1.807, 2.05) is 66.3 Å². The first-order valence-electron chi connectivity index (χ1n) is 10.5. The standard InChI is InChI=1S/C25H26N4O4/c1-18(19-9-11-20(12-10-19)28-14-4-5-15-28)26-25(30)21-13-16-29(27-21)17-33-24-22(31-2)7-6-8-23(24)32-3/h4-16,18H,17H2,1-3H3,(H,26,30). The number of nitrogens with zero attached hydrogens (tertiary/aromatic N) is 3. The molecule has 0 fully saturated rings. The maximum Gasteiger partial charge on any atom is 0.272 e. The highest BCUT2D eigenvalue weighted by atomic mass is 16.5. The molecule has 0 aliphatic heterocycles. The normalized spacial score (nSPS) is 11.6. The third kappa shape index (κ3) is 5.01. The molecule has 0 spiro atoms. The van der Waals surface area contributed by atoms with E-state index in [9.17, 15) is 4.79 Å². The molecule has 4 aromatic rings. The Morgan fingerprint density at radius 2 is 1.61 bits per heavy atom. The van der Waals surface area contributed by atoms with Gasteiger partial charge in [0, 0.05) is 24.3 Å². The second kappa shape index (κ2) is 9.95. The van der Waals surface area contributed by atoms with Crippen LogP contribution in [0.1, 0.15) is 29.0 Å². The van der Waals surface area contributed by atoms with Gasteiger partial charge in [0.15, 0.2) is 18.2 Å². The zero-order chi connectivity index (χ0) is 23.2. The second-order valence-corrected chi connectivity index (χ2v) is 7.38. The van der Waals surface area contributed by atoms with Gasteiger partial charge in [0.2, 0.25) is 5.75 Å². The predicted molar refractivity (Wildman–Crippen MR) is 124 cm³/mol. The molecule has 0 radical (unpaired) electrons. The molecule has 2 aromatic heterocycles. The van der Waals surface area contributed by atoms with Gasteiger partial charge in [-0.05, 0) is 55.0 Å². The number of hydrogen-bond acceptors (Lipinski definition) is 5. The highest BCUT2D eigenvalue weighted by Crippen LogP contribution is 2.36. The highest BCUT2D eigenvalue weighted by molar-refractivity contribution is 5.92. The number of para-hydroxylation sites is 1. The van der Waals surface area contributed by atoms with Gasteiger partial charge in [0.25, 0.3) is 5.91 Å². The predicted octanol–water partition coefficient (Wildman–Crippen LogP) is 4.22. The largest absolute Gasteiger partial charge is 0.493 e. The molecule has 8 heteroatoms. The maximum atomic E-state index is 12.7. The van der Waals surface area contributed by atoms with Crippen LogP contribution in [-0.4, -0.2) is 34.5 Å². The first kappa shape index (κ1) is 22.0. The van der Waals surface area contributed by atoms with Gasteiger partial charge in [0.05, 0.1) is 20.3 Å². The van der Waals surface area contributed by atoms with Crippen molar-refractivity contribution in [3.63, 3.8) is 0 Å². The van der Waals surface area contributed by atoms with E-state index in [1.54, 1.807) is 38.6 Å². The van der Waals surface area contributed by atoms with Crippen molar-refractivity contribution in [3.05, 3.63) is 90.5 Å². The number of benzene rings is 2. The summed E-state index contributed by atoms with van der Waals surface area (Å²) in [4.78, 5) is 12.7. The van der Waals surface area contributed by atoms with Crippen molar-refractivity contribution in [2.75, 3.05) is 14.2 Å². The lowest BCUT2D eigenvalue weighted by Gasteiger charge is -2.15. The van der Waals surface area contributed by atoms with Crippen LogP contribution in [0.2, 0.25) is 0 Å². The summed E-state index contributed by atoms with van der Waals surface area (Å²) in [6.07, 6.45) is 5.67. The monoisotopic (exact) mass is 446 g/mol. The Kier molecular flexibility index (Phi) is 6.64. The molecule has 0 aliphatic rings. The molecule has 1 N–H and O–H groups in total. The van der Waals surface area contributed by atoms with Crippen molar-refractivity contribution in [1.82, 2.24) is 19.7 Å². The van der Waals surface area contributed by atoms with E-state index in [4.69, 9.17) is 14.2 Å². The minimum atomic E-state index is -0.259.